The first-order valence-corrected chi connectivity index (χ1v) is 10.7. The normalized spacial score (nSPS) is 12.4. The van der Waals surface area contributed by atoms with Gasteiger partial charge in [0.2, 0.25) is 17.3 Å². The Morgan fingerprint density at radius 1 is 1.10 bits per heavy atom. The van der Waals surface area contributed by atoms with Crippen molar-refractivity contribution in [3.05, 3.63) is 51.8 Å². The first kappa shape index (κ1) is 21.9. The largest absolute Gasteiger partial charge is 0.464 e. The lowest BCUT2D eigenvalue weighted by atomic mass is 10.00. The zero-order valence-electron chi connectivity index (χ0n) is 17.6. The highest BCUT2D eigenvalue weighted by molar-refractivity contribution is 5.89. The van der Waals surface area contributed by atoms with Gasteiger partial charge in [-0.1, -0.05) is 51.2 Å². The molecule has 0 fully saturated rings. The van der Waals surface area contributed by atoms with Crippen LogP contribution in [0.3, 0.4) is 0 Å². The molecule has 3 aromatic rings. The number of carbonyl (C=O) groups excluding carboxylic acids is 1. The van der Waals surface area contributed by atoms with Crippen LogP contribution in [0.25, 0.3) is 22.1 Å². The fraction of sp³-hybridized carbons (Fsp3) is 0.458. The predicted molar refractivity (Wildman–Crippen MR) is 115 cm³/mol. The number of aryl methyl sites for hydroxylation is 1. The van der Waals surface area contributed by atoms with Crippen LogP contribution in [0.4, 0.5) is 4.39 Å². The van der Waals surface area contributed by atoms with Crippen molar-refractivity contribution in [2.75, 3.05) is 6.61 Å². The quantitative estimate of drug-likeness (QED) is 0.238. The number of hydrogen-bond acceptors (Lipinski definition) is 5. The van der Waals surface area contributed by atoms with Gasteiger partial charge in [-0.25, -0.2) is 14.2 Å². The van der Waals surface area contributed by atoms with E-state index in [1.807, 2.05) is 0 Å². The van der Waals surface area contributed by atoms with Crippen LogP contribution < -0.4 is 5.43 Å². The molecule has 0 saturated heterocycles. The number of carbonyl (C=O) groups is 1. The van der Waals surface area contributed by atoms with E-state index < -0.39 is 12.1 Å². The summed E-state index contributed by atoms with van der Waals surface area (Å²) in [6.07, 6.45) is 5.01. The third kappa shape index (κ3) is 4.86. The molecular formula is C24H28FNO4. The van der Waals surface area contributed by atoms with Gasteiger partial charge in [-0.3, -0.25) is 4.79 Å². The average Bonchev–Trinajstić information content (AvgIpc) is 2.76. The molecule has 0 aliphatic heterocycles. The van der Waals surface area contributed by atoms with Crippen LogP contribution in [0.15, 0.2) is 39.5 Å². The fourth-order valence-electron chi connectivity index (χ4n) is 3.63. The van der Waals surface area contributed by atoms with Gasteiger partial charge in [0.25, 0.3) is 0 Å². The van der Waals surface area contributed by atoms with Crippen LogP contribution in [-0.2, 0) is 16.0 Å². The molecule has 0 saturated carbocycles. The molecule has 160 valence electrons. The summed E-state index contributed by atoms with van der Waals surface area (Å²) in [5.74, 6) is -0.975. The Labute approximate surface area is 175 Å². The highest BCUT2D eigenvalue weighted by atomic mass is 19.1. The molecule has 0 N–H and O–H groups in total. The van der Waals surface area contributed by atoms with Gasteiger partial charge in [0, 0.05) is 0 Å². The SMILES string of the molecule is CCCCCCCCc1cc2c(=O)c3ccccc3oc2nc1C(F)C(=O)OCC. The summed E-state index contributed by atoms with van der Waals surface area (Å²) >= 11 is 0. The first-order chi connectivity index (χ1) is 14.6. The molecule has 5 nitrogen and oxygen atoms in total. The highest BCUT2D eigenvalue weighted by Crippen LogP contribution is 2.27. The van der Waals surface area contributed by atoms with Crippen molar-refractivity contribution in [3.8, 4) is 0 Å². The number of fused-ring (bicyclic) bond motifs is 2. The van der Waals surface area contributed by atoms with Crippen molar-refractivity contribution >= 4 is 28.0 Å². The monoisotopic (exact) mass is 413 g/mol. The number of esters is 1. The minimum Gasteiger partial charge on any atom is -0.464 e. The molecule has 1 unspecified atom stereocenters. The Balaban J connectivity index is 1.99. The minimum absolute atomic E-state index is 0.0204. The van der Waals surface area contributed by atoms with Crippen molar-refractivity contribution in [1.29, 1.82) is 0 Å². The van der Waals surface area contributed by atoms with Crippen LogP contribution in [0.5, 0.6) is 0 Å². The van der Waals surface area contributed by atoms with Gasteiger partial charge < -0.3 is 9.15 Å². The van der Waals surface area contributed by atoms with E-state index in [1.54, 1.807) is 37.3 Å². The highest BCUT2D eigenvalue weighted by Gasteiger charge is 2.27. The number of aromatic nitrogens is 1. The molecule has 3 rings (SSSR count). The number of alkyl halides is 1. The van der Waals surface area contributed by atoms with E-state index in [0.717, 1.165) is 19.3 Å². The lowest BCUT2D eigenvalue weighted by Gasteiger charge is -2.13. The van der Waals surface area contributed by atoms with Gasteiger partial charge in [0.05, 0.1) is 23.1 Å². The standard InChI is InChI=1S/C24H28FNO4/c1-3-5-6-7-8-9-12-16-15-18-22(27)17-13-10-11-14-19(17)30-23(18)26-21(16)20(25)24(28)29-4-2/h10-11,13-15,20H,3-9,12H2,1-2H3. The lowest BCUT2D eigenvalue weighted by Crippen LogP contribution is -2.16. The van der Waals surface area contributed by atoms with Crippen LogP contribution in [-0.4, -0.2) is 17.6 Å². The fourth-order valence-corrected chi connectivity index (χ4v) is 3.63. The van der Waals surface area contributed by atoms with Crippen LogP contribution in [0.1, 0.15) is 69.8 Å². The van der Waals surface area contributed by atoms with Gasteiger partial charge in [-0.05, 0) is 43.5 Å². The zero-order valence-corrected chi connectivity index (χ0v) is 17.6. The van der Waals surface area contributed by atoms with E-state index in [0.29, 0.717) is 28.3 Å². The van der Waals surface area contributed by atoms with Gasteiger partial charge in [-0.2, -0.15) is 0 Å². The number of pyridine rings is 1. The van der Waals surface area contributed by atoms with Crippen molar-refractivity contribution in [2.45, 2.75) is 65.0 Å². The van der Waals surface area contributed by atoms with Crippen molar-refractivity contribution in [3.63, 3.8) is 0 Å². The van der Waals surface area contributed by atoms with E-state index >= 15 is 0 Å². The van der Waals surface area contributed by atoms with Gasteiger partial charge in [0.1, 0.15) is 5.58 Å². The number of ether oxygens (including phenoxy) is 1. The Kier molecular flexibility index (Phi) is 7.55. The topological polar surface area (TPSA) is 69.4 Å². The molecule has 30 heavy (non-hydrogen) atoms. The molecule has 0 spiro atoms. The summed E-state index contributed by atoms with van der Waals surface area (Å²) in [5.41, 5.74) is 0.742. The van der Waals surface area contributed by atoms with E-state index in [4.69, 9.17) is 9.15 Å². The van der Waals surface area contributed by atoms with E-state index in [9.17, 15) is 14.0 Å². The smallest absolute Gasteiger partial charge is 0.347 e. The van der Waals surface area contributed by atoms with Crippen LogP contribution >= 0.6 is 0 Å². The molecule has 2 heterocycles. The molecule has 1 aromatic carbocycles. The Morgan fingerprint density at radius 3 is 2.60 bits per heavy atom. The molecule has 2 aromatic heterocycles. The van der Waals surface area contributed by atoms with Crippen molar-refractivity contribution in [2.24, 2.45) is 0 Å². The average molecular weight is 413 g/mol. The molecule has 1 atom stereocenters. The molecular weight excluding hydrogens is 385 g/mol. The summed E-state index contributed by atoms with van der Waals surface area (Å²) in [5, 5.41) is 0.752. The van der Waals surface area contributed by atoms with Crippen molar-refractivity contribution in [1.82, 2.24) is 4.98 Å². The number of rotatable bonds is 10. The van der Waals surface area contributed by atoms with Crippen LogP contribution in [0, 0.1) is 0 Å². The summed E-state index contributed by atoms with van der Waals surface area (Å²) in [4.78, 5) is 29.2. The van der Waals surface area contributed by atoms with Gasteiger partial charge in [0.15, 0.2) is 0 Å². The van der Waals surface area contributed by atoms with E-state index in [-0.39, 0.29) is 23.4 Å². The molecule has 0 radical (unpaired) electrons. The second-order valence-electron chi connectivity index (χ2n) is 7.45. The maximum Gasteiger partial charge on any atom is 0.347 e. The predicted octanol–water partition coefficient (Wildman–Crippen LogP) is 5.82. The zero-order chi connectivity index (χ0) is 21.5. The Bertz CT molecular complexity index is 1080. The lowest BCUT2D eigenvalue weighted by molar-refractivity contribution is -0.149. The van der Waals surface area contributed by atoms with Crippen LogP contribution in [0.2, 0.25) is 0 Å². The molecule has 0 amide bonds. The van der Waals surface area contributed by atoms with Gasteiger partial charge in [-0.15, -0.1) is 0 Å². The number of unbranched alkanes of at least 4 members (excludes halogenated alkanes) is 5. The molecule has 0 bridgehead atoms. The summed E-state index contributed by atoms with van der Waals surface area (Å²) in [6, 6.07) is 8.51. The third-order valence-corrected chi connectivity index (χ3v) is 5.22. The van der Waals surface area contributed by atoms with Gasteiger partial charge >= 0.3 is 5.97 Å². The number of benzene rings is 1. The maximum atomic E-state index is 14.9. The van der Waals surface area contributed by atoms with E-state index in [1.165, 1.54) is 19.3 Å². The second-order valence-corrected chi connectivity index (χ2v) is 7.45. The van der Waals surface area contributed by atoms with Crippen molar-refractivity contribution < 1.29 is 18.3 Å². The summed E-state index contributed by atoms with van der Waals surface area (Å²) < 4.78 is 25.5. The number of para-hydroxylation sites is 1. The summed E-state index contributed by atoms with van der Waals surface area (Å²) in [7, 11) is 0. The number of hydrogen-bond donors (Lipinski definition) is 0. The first-order valence-electron chi connectivity index (χ1n) is 10.7. The Hall–Kier alpha value is -2.76. The second kappa shape index (κ2) is 10.3. The van der Waals surface area contributed by atoms with E-state index in [2.05, 4.69) is 11.9 Å². The molecule has 6 heteroatoms. The molecule has 0 aliphatic carbocycles. The number of nitrogens with zero attached hydrogens (tertiary/aromatic N) is 1. The molecule has 0 aliphatic rings. The third-order valence-electron chi connectivity index (χ3n) is 5.22. The minimum atomic E-state index is -2.01. The summed E-state index contributed by atoms with van der Waals surface area (Å²) in [6.45, 7) is 3.87. The maximum absolute atomic E-state index is 14.9. The number of halogens is 1. The Morgan fingerprint density at radius 2 is 1.83 bits per heavy atom.